The second-order valence-electron chi connectivity index (χ2n) is 11.5. The first kappa shape index (κ1) is 27.9. The van der Waals surface area contributed by atoms with Crippen LogP contribution in [0.4, 0.5) is 15.8 Å². The highest BCUT2D eigenvalue weighted by molar-refractivity contribution is 5.98. The molecular formula is C30H38FN5O4. The number of rotatable bonds is 7. The Balaban J connectivity index is 1.28. The lowest BCUT2D eigenvalue weighted by Crippen LogP contribution is -2.60. The minimum atomic E-state index is -0.805. The van der Waals surface area contributed by atoms with Gasteiger partial charge < -0.3 is 30.1 Å². The second-order valence-corrected chi connectivity index (χ2v) is 11.5. The van der Waals surface area contributed by atoms with E-state index in [-0.39, 0.29) is 23.3 Å². The molecule has 5 rings (SSSR count). The SMILES string of the molecule is Cc1ccc(F)c(C(=O)N[C@@H](C(=O)N2CCC3(CC2)C(=O)N(C)CN3c2ccc(NC3COC3)cc2)C(C)C)c1. The van der Waals surface area contributed by atoms with Crippen LogP contribution in [-0.2, 0) is 14.3 Å². The van der Waals surface area contributed by atoms with Crippen molar-refractivity contribution in [3.63, 3.8) is 0 Å². The Bertz CT molecular complexity index is 1270. The zero-order valence-corrected chi connectivity index (χ0v) is 23.6. The number of piperidine rings is 1. The number of ether oxygens (including phenoxy) is 1. The molecule has 0 bridgehead atoms. The van der Waals surface area contributed by atoms with Gasteiger partial charge in [0, 0.05) is 31.5 Å². The average Bonchev–Trinajstić information content (AvgIpc) is 3.15. The van der Waals surface area contributed by atoms with Gasteiger partial charge in [-0.25, -0.2) is 4.39 Å². The van der Waals surface area contributed by atoms with Crippen LogP contribution in [0.1, 0.15) is 42.6 Å². The van der Waals surface area contributed by atoms with E-state index in [1.807, 2.05) is 45.2 Å². The minimum Gasteiger partial charge on any atom is -0.378 e. The van der Waals surface area contributed by atoms with E-state index in [0.29, 0.717) is 51.9 Å². The molecule has 2 aromatic rings. The smallest absolute Gasteiger partial charge is 0.254 e. The van der Waals surface area contributed by atoms with E-state index in [1.54, 1.807) is 22.8 Å². The summed E-state index contributed by atoms with van der Waals surface area (Å²) in [4.78, 5) is 45.6. The number of carbonyl (C=O) groups excluding carboxylic acids is 3. The predicted octanol–water partition coefficient (Wildman–Crippen LogP) is 3.00. The highest BCUT2D eigenvalue weighted by Crippen LogP contribution is 2.39. The summed E-state index contributed by atoms with van der Waals surface area (Å²) >= 11 is 0. The number of likely N-dealkylation sites (N-methyl/N-ethyl adjacent to an activating group) is 1. The Hall–Kier alpha value is -3.66. The number of hydrogen-bond donors (Lipinski definition) is 2. The standard InChI is InChI=1S/C30H38FN5O4/c1-19(2)26(33-27(37)24-15-20(3)5-10-25(24)31)28(38)35-13-11-30(12-14-35)29(39)34(4)18-36(30)23-8-6-21(7-9-23)32-22-16-40-17-22/h5-10,15,19,22,26,32H,11-14,16-18H2,1-4H3,(H,33,37)/t26-/m1/s1. The lowest BCUT2D eigenvalue weighted by Gasteiger charge is -2.44. The molecule has 3 heterocycles. The third-order valence-electron chi connectivity index (χ3n) is 8.29. The first-order valence-electron chi connectivity index (χ1n) is 13.9. The van der Waals surface area contributed by atoms with Gasteiger partial charge in [0.25, 0.3) is 5.91 Å². The number of nitrogens with zero attached hydrogens (tertiary/aromatic N) is 3. The zero-order chi connectivity index (χ0) is 28.6. The Labute approximate surface area is 234 Å². The Morgan fingerprint density at radius 1 is 1.07 bits per heavy atom. The average molecular weight is 552 g/mol. The molecule has 40 heavy (non-hydrogen) atoms. The van der Waals surface area contributed by atoms with Crippen molar-refractivity contribution in [1.82, 2.24) is 15.1 Å². The second kappa shape index (κ2) is 11.1. The summed E-state index contributed by atoms with van der Waals surface area (Å²) in [6.45, 7) is 8.14. The fourth-order valence-electron chi connectivity index (χ4n) is 5.83. The molecule has 0 saturated carbocycles. The Morgan fingerprint density at radius 3 is 2.35 bits per heavy atom. The van der Waals surface area contributed by atoms with Crippen LogP contribution in [-0.4, -0.2) is 85.2 Å². The van der Waals surface area contributed by atoms with Gasteiger partial charge in [0.15, 0.2) is 0 Å². The van der Waals surface area contributed by atoms with E-state index in [4.69, 9.17) is 4.74 Å². The summed E-state index contributed by atoms with van der Waals surface area (Å²) in [5, 5.41) is 6.20. The number of aryl methyl sites for hydroxylation is 1. The van der Waals surface area contributed by atoms with Crippen molar-refractivity contribution in [3.05, 3.63) is 59.4 Å². The molecule has 2 aromatic carbocycles. The van der Waals surface area contributed by atoms with Gasteiger partial charge in [-0.15, -0.1) is 0 Å². The van der Waals surface area contributed by atoms with Crippen molar-refractivity contribution in [1.29, 1.82) is 0 Å². The number of likely N-dealkylation sites (tertiary alicyclic amines) is 1. The third kappa shape index (κ3) is 5.24. The van der Waals surface area contributed by atoms with Gasteiger partial charge in [0.1, 0.15) is 17.4 Å². The normalized spacial score (nSPS) is 19.6. The molecule has 0 aromatic heterocycles. The molecule has 2 N–H and O–H groups in total. The highest BCUT2D eigenvalue weighted by Gasteiger charge is 2.53. The van der Waals surface area contributed by atoms with Crippen molar-refractivity contribution < 1.29 is 23.5 Å². The third-order valence-corrected chi connectivity index (χ3v) is 8.29. The molecule has 1 spiro atoms. The number of anilines is 2. The van der Waals surface area contributed by atoms with Crippen LogP contribution in [0.3, 0.4) is 0 Å². The summed E-state index contributed by atoms with van der Waals surface area (Å²) in [7, 11) is 1.81. The van der Waals surface area contributed by atoms with Crippen LogP contribution >= 0.6 is 0 Å². The van der Waals surface area contributed by atoms with E-state index < -0.39 is 23.3 Å². The van der Waals surface area contributed by atoms with Crippen LogP contribution in [0.5, 0.6) is 0 Å². The number of halogens is 1. The Morgan fingerprint density at radius 2 is 1.75 bits per heavy atom. The minimum absolute atomic E-state index is 0.0528. The predicted molar refractivity (Wildman–Crippen MR) is 151 cm³/mol. The molecule has 0 radical (unpaired) electrons. The summed E-state index contributed by atoms with van der Waals surface area (Å²) < 4.78 is 19.6. The molecule has 3 saturated heterocycles. The van der Waals surface area contributed by atoms with E-state index in [1.165, 1.54) is 12.1 Å². The van der Waals surface area contributed by atoms with Crippen molar-refractivity contribution in [2.45, 2.75) is 51.2 Å². The Kier molecular flexibility index (Phi) is 7.72. The highest BCUT2D eigenvalue weighted by atomic mass is 19.1. The zero-order valence-electron chi connectivity index (χ0n) is 23.6. The van der Waals surface area contributed by atoms with Gasteiger partial charge in [0.2, 0.25) is 11.8 Å². The van der Waals surface area contributed by atoms with Crippen LogP contribution in [0.15, 0.2) is 42.5 Å². The van der Waals surface area contributed by atoms with Gasteiger partial charge in [-0.2, -0.15) is 0 Å². The first-order valence-corrected chi connectivity index (χ1v) is 13.9. The summed E-state index contributed by atoms with van der Waals surface area (Å²) in [5.74, 6) is -1.59. The van der Waals surface area contributed by atoms with Crippen molar-refractivity contribution in [2.24, 2.45) is 5.92 Å². The van der Waals surface area contributed by atoms with E-state index in [2.05, 4.69) is 15.5 Å². The molecule has 3 aliphatic heterocycles. The van der Waals surface area contributed by atoms with E-state index >= 15 is 0 Å². The van der Waals surface area contributed by atoms with Gasteiger partial charge >= 0.3 is 0 Å². The maximum atomic E-state index is 14.3. The fraction of sp³-hybridized carbons (Fsp3) is 0.500. The van der Waals surface area contributed by atoms with Crippen LogP contribution in [0.2, 0.25) is 0 Å². The number of benzene rings is 2. The first-order chi connectivity index (χ1) is 19.1. The number of hydrogen-bond acceptors (Lipinski definition) is 6. The van der Waals surface area contributed by atoms with E-state index in [0.717, 1.165) is 16.9 Å². The van der Waals surface area contributed by atoms with E-state index in [9.17, 15) is 18.8 Å². The number of nitrogens with one attached hydrogen (secondary N) is 2. The fourth-order valence-corrected chi connectivity index (χ4v) is 5.83. The topological polar surface area (TPSA) is 94.2 Å². The molecule has 3 aliphatic rings. The molecule has 3 amide bonds. The van der Waals surface area contributed by atoms with Gasteiger partial charge in [-0.1, -0.05) is 25.5 Å². The van der Waals surface area contributed by atoms with Crippen molar-refractivity contribution in [2.75, 3.05) is 50.2 Å². The molecule has 3 fully saturated rings. The number of carbonyl (C=O) groups is 3. The molecule has 0 aliphatic carbocycles. The lowest BCUT2D eigenvalue weighted by molar-refractivity contribution is -0.139. The van der Waals surface area contributed by atoms with Crippen molar-refractivity contribution in [3.8, 4) is 0 Å². The lowest BCUT2D eigenvalue weighted by atomic mass is 9.85. The van der Waals surface area contributed by atoms with Crippen molar-refractivity contribution >= 4 is 29.1 Å². The maximum Gasteiger partial charge on any atom is 0.254 e. The van der Waals surface area contributed by atoms with Crippen LogP contribution < -0.4 is 15.5 Å². The van der Waals surface area contributed by atoms with Gasteiger partial charge in [-0.05, 0) is 62.1 Å². The molecular weight excluding hydrogens is 513 g/mol. The van der Waals surface area contributed by atoms with Gasteiger partial charge in [0.05, 0.1) is 31.5 Å². The molecule has 0 unspecified atom stereocenters. The molecule has 10 heteroatoms. The largest absolute Gasteiger partial charge is 0.378 e. The molecule has 214 valence electrons. The number of amides is 3. The molecule has 1 atom stereocenters. The summed E-state index contributed by atoms with van der Waals surface area (Å²) in [6.07, 6.45) is 0.958. The molecule has 9 nitrogen and oxygen atoms in total. The summed E-state index contributed by atoms with van der Waals surface area (Å²) in [5.41, 5.74) is 1.92. The maximum absolute atomic E-state index is 14.3. The quantitative estimate of drug-likeness (QED) is 0.550. The van der Waals surface area contributed by atoms with Gasteiger partial charge in [-0.3, -0.25) is 14.4 Å². The monoisotopic (exact) mass is 551 g/mol. The van der Waals surface area contributed by atoms with Crippen LogP contribution in [0.25, 0.3) is 0 Å². The van der Waals surface area contributed by atoms with Crippen LogP contribution in [0, 0.1) is 18.7 Å². The summed E-state index contributed by atoms with van der Waals surface area (Å²) in [6, 6.07) is 12.0.